The molecule has 12 aromatic carbocycles. The molecule has 0 aliphatic carbocycles. The lowest BCUT2D eigenvalue weighted by atomic mass is 9.96. The number of hydrogen-bond acceptors (Lipinski definition) is 2. The van der Waals surface area contributed by atoms with E-state index in [0.717, 1.165) is 66.8 Å². The molecular weight excluding hydrogens is 837 g/mol. The van der Waals surface area contributed by atoms with E-state index in [1.807, 2.05) is 12.1 Å². The molecule has 0 aliphatic heterocycles. The van der Waals surface area contributed by atoms with Crippen molar-refractivity contribution in [3.05, 3.63) is 255 Å². The minimum atomic E-state index is 0.910. The van der Waals surface area contributed by atoms with Crippen LogP contribution < -0.4 is 4.90 Å². The molecule has 0 fully saturated rings. The Morgan fingerprint density at radius 3 is 1.49 bits per heavy atom. The molecule has 3 nitrogen and oxygen atoms in total. The second-order valence-electron chi connectivity index (χ2n) is 18.0. The van der Waals surface area contributed by atoms with Crippen molar-refractivity contribution in [3.63, 3.8) is 0 Å². The fraction of sp³-hybridized carbons (Fsp3) is 0. The van der Waals surface area contributed by atoms with E-state index in [1.54, 1.807) is 0 Å². The van der Waals surface area contributed by atoms with Gasteiger partial charge in [-0.05, 0) is 92.3 Å². The molecule has 2 aromatic heterocycles. The first-order valence-corrected chi connectivity index (χ1v) is 23.7. The van der Waals surface area contributed by atoms with Gasteiger partial charge in [-0.15, -0.1) is 0 Å². The summed E-state index contributed by atoms with van der Waals surface area (Å²) in [4.78, 5) is 2.42. The van der Waals surface area contributed by atoms with Gasteiger partial charge in [-0.2, -0.15) is 0 Å². The van der Waals surface area contributed by atoms with Crippen molar-refractivity contribution in [2.24, 2.45) is 0 Å². The summed E-state index contributed by atoms with van der Waals surface area (Å²) in [5.74, 6) is 0. The van der Waals surface area contributed by atoms with Gasteiger partial charge in [0.15, 0.2) is 0 Å². The fourth-order valence-corrected chi connectivity index (χ4v) is 10.9. The van der Waals surface area contributed by atoms with Crippen molar-refractivity contribution in [2.45, 2.75) is 0 Å². The molecule has 69 heavy (non-hydrogen) atoms. The van der Waals surface area contributed by atoms with Crippen molar-refractivity contribution in [1.29, 1.82) is 0 Å². The molecule has 0 saturated heterocycles. The summed E-state index contributed by atoms with van der Waals surface area (Å²) in [6.45, 7) is 0. The molecule has 0 unspecified atom stereocenters. The molecule has 14 aromatic rings. The zero-order chi connectivity index (χ0) is 45.4. The van der Waals surface area contributed by atoms with Crippen molar-refractivity contribution >= 4 is 93.1 Å². The highest BCUT2D eigenvalue weighted by molar-refractivity contribution is 6.15. The van der Waals surface area contributed by atoms with Gasteiger partial charge in [-0.3, -0.25) is 0 Å². The van der Waals surface area contributed by atoms with Gasteiger partial charge < -0.3 is 13.9 Å². The van der Waals surface area contributed by atoms with E-state index in [-0.39, 0.29) is 0 Å². The highest BCUT2D eigenvalue weighted by Crippen LogP contribution is 2.45. The predicted octanol–water partition coefficient (Wildman–Crippen LogP) is 18.6. The zero-order valence-electron chi connectivity index (χ0n) is 37.6. The van der Waals surface area contributed by atoms with E-state index in [2.05, 4.69) is 252 Å². The third-order valence-electron chi connectivity index (χ3n) is 14.2. The summed E-state index contributed by atoms with van der Waals surface area (Å²) < 4.78 is 8.87. The first-order valence-electron chi connectivity index (χ1n) is 23.7. The average Bonchev–Trinajstić information content (AvgIpc) is 3.97. The van der Waals surface area contributed by atoms with E-state index in [4.69, 9.17) is 4.42 Å². The van der Waals surface area contributed by atoms with Crippen LogP contribution in [0.15, 0.2) is 259 Å². The molecule has 14 rings (SSSR count). The summed E-state index contributed by atoms with van der Waals surface area (Å²) in [5.41, 5.74) is 15.6. The van der Waals surface area contributed by atoms with Crippen LogP contribution in [0, 0.1) is 0 Å². The first kappa shape index (κ1) is 39.0. The molecule has 322 valence electrons. The number of fused-ring (bicyclic) bond motifs is 10. The van der Waals surface area contributed by atoms with E-state index in [0.29, 0.717) is 0 Å². The van der Waals surface area contributed by atoms with Gasteiger partial charge in [-0.25, -0.2) is 0 Å². The predicted molar refractivity (Wildman–Crippen MR) is 292 cm³/mol. The Kier molecular flexibility index (Phi) is 8.90. The molecule has 0 N–H and O–H groups in total. The fourth-order valence-electron chi connectivity index (χ4n) is 10.9. The third-order valence-corrected chi connectivity index (χ3v) is 14.2. The average molecular weight is 879 g/mol. The molecule has 3 heteroatoms. The van der Waals surface area contributed by atoms with Gasteiger partial charge in [0.2, 0.25) is 0 Å². The maximum atomic E-state index is 6.40. The Balaban J connectivity index is 0.891. The molecule has 0 bridgehead atoms. The van der Waals surface area contributed by atoms with Crippen LogP contribution in [0.5, 0.6) is 0 Å². The number of aromatic nitrogens is 1. The van der Waals surface area contributed by atoms with E-state index in [9.17, 15) is 0 Å². The van der Waals surface area contributed by atoms with Crippen LogP contribution in [0.4, 0.5) is 17.1 Å². The van der Waals surface area contributed by atoms with Gasteiger partial charge in [0.25, 0.3) is 0 Å². The van der Waals surface area contributed by atoms with E-state index < -0.39 is 0 Å². The lowest BCUT2D eigenvalue weighted by Crippen LogP contribution is -2.10. The number of hydrogen-bond donors (Lipinski definition) is 0. The first-order chi connectivity index (χ1) is 34.2. The highest BCUT2D eigenvalue weighted by atomic mass is 16.3. The minimum Gasteiger partial charge on any atom is -0.455 e. The number of anilines is 3. The molecule has 0 amide bonds. The number of nitrogens with zero attached hydrogens (tertiary/aromatic N) is 2. The van der Waals surface area contributed by atoms with Crippen LogP contribution in [-0.2, 0) is 0 Å². The van der Waals surface area contributed by atoms with Crippen molar-refractivity contribution in [3.8, 4) is 39.1 Å². The largest absolute Gasteiger partial charge is 0.455 e. The van der Waals surface area contributed by atoms with Crippen LogP contribution in [0.3, 0.4) is 0 Å². The second kappa shape index (κ2) is 15.7. The monoisotopic (exact) mass is 878 g/mol. The Labute approximate surface area is 399 Å². The molecule has 0 spiro atoms. The minimum absolute atomic E-state index is 0.910. The van der Waals surface area contributed by atoms with Gasteiger partial charge in [0.1, 0.15) is 11.2 Å². The second-order valence-corrected chi connectivity index (χ2v) is 18.0. The Morgan fingerprint density at radius 1 is 0.304 bits per heavy atom. The summed E-state index contributed by atoms with van der Waals surface area (Å²) >= 11 is 0. The van der Waals surface area contributed by atoms with Crippen LogP contribution in [-0.4, -0.2) is 4.57 Å². The van der Waals surface area contributed by atoms with Crippen LogP contribution in [0.25, 0.3) is 115 Å². The SMILES string of the molecule is c1ccc2c(-n3c4ccccc4c4ccccc43)c(-c3ccc(N(c4ccc(-c5ccc(-c6cccc7c6oc6ccccc67)cc5)cc4)c4cc5ccccc5c5ccccc45)cc3)ccc2c1. The number of benzene rings is 12. The Hall–Kier alpha value is -9.18. The van der Waals surface area contributed by atoms with Gasteiger partial charge in [0, 0.05) is 54.8 Å². The molecule has 0 aliphatic rings. The summed E-state index contributed by atoms with van der Waals surface area (Å²) in [6.07, 6.45) is 0. The lowest BCUT2D eigenvalue weighted by molar-refractivity contribution is 0.670. The van der Waals surface area contributed by atoms with Gasteiger partial charge in [-0.1, -0.05) is 206 Å². The van der Waals surface area contributed by atoms with Gasteiger partial charge in [0.05, 0.1) is 22.4 Å². The number of para-hydroxylation sites is 4. The summed E-state index contributed by atoms with van der Waals surface area (Å²) in [6, 6.07) is 92.6. The maximum absolute atomic E-state index is 6.40. The van der Waals surface area contributed by atoms with E-state index >= 15 is 0 Å². The van der Waals surface area contributed by atoms with Crippen molar-refractivity contribution in [1.82, 2.24) is 4.57 Å². The topological polar surface area (TPSA) is 21.3 Å². The Bertz CT molecular complexity index is 4240. The smallest absolute Gasteiger partial charge is 0.143 e. The quantitative estimate of drug-likeness (QED) is 0.149. The van der Waals surface area contributed by atoms with Crippen molar-refractivity contribution in [2.75, 3.05) is 4.90 Å². The number of rotatable bonds is 7. The Morgan fingerprint density at radius 2 is 0.797 bits per heavy atom. The normalized spacial score (nSPS) is 11.8. The highest BCUT2D eigenvalue weighted by Gasteiger charge is 2.21. The number of furan rings is 1. The zero-order valence-corrected chi connectivity index (χ0v) is 37.6. The maximum Gasteiger partial charge on any atom is 0.143 e. The summed E-state index contributed by atoms with van der Waals surface area (Å²) in [7, 11) is 0. The molecular formula is C66H42N2O. The molecule has 0 atom stereocenters. The standard InChI is InChI=1S/C66H42N2O/c1-4-17-52-45(14-1)36-41-53(65(52)68-61-25-10-7-20-57(61)58-21-8-11-26-62(58)68)46-34-39-50(40-35-46)67(63-42-48-15-2-3-16-51(48)55-18-5-6-19-56(55)63)49-37-32-44(33-38-49)43-28-30-47(31-29-43)54-23-13-24-60-59-22-9-12-27-64(59)69-66(54)60/h1-42H. The van der Waals surface area contributed by atoms with Crippen LogP contribution >= 0.6 is 0 Å². The molecule has 0 saturated carbocycles. The van der Waals surface area contributed by atoms with Crippen LogP contribution in [0.2, 0.25) is 0 Å². The summed E-state index contributed by atoms with van der Waals surface area (Å²) in [5, 5.41) is 12.1. The lowest BCUT2D eigenvalue weighted by Gasteiger charge is -2.28. The van der Waals surface area contributed by atoms with Crippen molar-refractivity contribution < 1.29 is 4.42 Å². The molecule has 2 heterocycles. The molecule has 0 radical (unpaired) electrons. The van der Waals surface area contributed by atoms with Crippen LogP contribution in [0.1, 0.15) is 0 Å². The third kappa shape index (κ3) is 6.29. The van der Waals surface area contributed by atoms with Gasteiger partial charge >= 0.3 is 0 Å². The van der Waals surface area contributed by atoms with E-state index in [1.165, 1.54) is 65.4 Å².